The van der Waals surface area contributed by atoms with Crippen molar-refractivity contribution in [2.24, 2.45) is 0 Å². The molecule has 0 saturated heterocycles. The molecule has 0 aromatic carbocycles. The van der Waals surface area contributed by atoms with Gasteiger partial charge in [-0.2, -0.15) is 0 Å². The molecule has 3 atom stereocenters. The largest absolute Gasteiger partial charge is 0.373 e. The lowest BCUT2D eigenvalue weighted by Gasteiger charge is -2.17. The van der Waals surface area contributed by atoms with Crippen LogP contribution in [0.3, 0.4) is 0 Å². The van der Waals surface area contributed by atoms with Crippen molar-refractivity contribution in [2.75, 3.05) is 0 Å². The van der Waals surface area contributed by atoms with Crippen LogP contribution in [0.2, 0.25) is 0 Å². The normalized spacial score (nSPS) is 16.3. The van der Waals surface area contributed by atoms with E-state index >= 15 is 0 Å². The number of rotatable bonds is 3. The summed E-state index contributed by atoms with van der Waals surface area (Å²) in [5.41, 5.74) is -3.44. The van der Waals surface area contributed by atoms with Gasteiger partial charge >= 0.3 is 17.1 Å². The molecule has 1 aromatic rings. The van der Waals surface area contributed by atoms with E-state index in [1.807, 2.05) is 0 Å². The lowest BCUT2D eigenvalue weighted by molar-refractivity contribution is 0.0587. The Hall–Kier alpha value is -1.71. The predicted octanol–water partition coefficient (Wildman–Crippen LogP) is -2.30. The third kappa shape index (κ3) is 2.15. The van der Waals surface area contributed by atoms with Crippen LogP contribution in [-0.2, 0) is 0 Å². The second-order valence-corrected chi connectivity index (χ2v) is 3.85. The minimum absolute atomic E-state index is 0.362. The number of hydrogen-bond acceptors (Lipinski definition) is 6. The minimum Gasteiger partial charge on any atom is -0.373 e. The molecule has 1 rings (SSSR count). The third-order valence-electron chi connectivity index (χ3n) is 2.36. The van der Waals surface area contributed by atoms with Crippen molar-refractivity contribution >= 4 is 0 Å². The van der Waals surface area contributed by atoms with Crippen molar-refractivity contribution in [1.82, 2.24) is 13.7 Å². The second-order valence-electron chi connectivity index (χ2n) is 3.85. The van der Waals surface area contributed by atoms with Gasteiger partial charge in [0.05, 0.1) is 0 Å². The Labute approximate surface area is 101 Å². The fourth-order valence-corrected chi connectivity index (χ4v) is 1.55. The first-order valence-corrected chi connectivity index (χ1v) is 5.24. The summed E-state index contributed by atoms with van der Waals surface area (Å²) < 4.78 is 1.09. The lowest BCUT2D eigenvalue weighted by atomic mass is 10.5. The highest BCUT2D eigenvalue weighted by Crippen LogP contribution is 1.96. The van der Waals surface area contributed by atoms with Crippen molar-refractivity contribution < 1.29 is 15.3 Å². The Morgan fingerprint density at radius 2 is 0.833 bits per heavy atom. The van der Waals surface area contributed by atoms with Crippen LogP contribution in [0.15, 0.2) is 14.4 Å². The zero-order valence-electron chi connectivity index (χ0n) is 10.1. The molecule has 0 aliphatic carbocycles. The van der Waals surface area contributed by atoms with E-state index in [9.17, 15) is 29.7 Å². The molecule has 1 aromatic heterocycles. The number of hydrogen-bond donors (Lipinski definition) is 3. The molecule has 0 aliphatic heterocycles. The van der Waals surface area contributed by atoms with Gasteiger partial charge in [-0.3, -0.25) is 0 Å². The number of aromatic nitrogens is 3. The van der Waals surface area contributed by atoms with Crippen LogP contribution in [0.4, 0.5) is 0 Å². The maximum absolute atomic E-state index is 11.8. The molecule has 0 bridgehead atoms. The van der Waals surface area contributed by atoms with E-state index in [2.05, 4.69) is 0 Å². The van der Waals surface area contributed by atoms with Crippen molar-refractivity contribution in [3.05, 3.63) is 31.5 Å². The molecular weight excluding hydrogens is 246 g/mol. The van der Waals surface area contributed by atoms with Gasteiger partial charge in [-0.1, -0.05) is 0 Å². The molecule has 0 radical (unpaired) electrons. The first-order valence-electron chi connectivity index (χ1n) is 5.24. The molecule has 3 unspecified atom stereocenters. The van der Waals surface area contributed by atoms with Crippen LogP contribution in [0.5, 0.6) is 0 Å². The van der Waals surface area contributed by atoms with Gasteiger partial charge in [0, 0.05) is 0 Å². The summed E-state index contributed by atoms with van der Waals surface area (Å²) in [6.45, 7) is 3.43. The lowest BCUT2D eigenvalue weighted by Crippen LogP contribution is -2.56. The predicted molar refractivity (Wildman–Crippen MR) is 60.0 cm³/mol. The van der Waals surface area contributed by atoms with E-state index in [0.717, 1.165) is 20.8 Å². The van der Waals surface area contributed by atoms with E-state index in [-0.39, 0.29) is 0 Å². The minimum atomic E-state index is -1.50. The zero-order valence-corrected chi connectivity index (χ0v) is 10.1. The summed E-state index contributed by atoms with van der Waals surface area (Å²) in [6, 6.07) is 0. The highest BCUT2D eigenvalue weighted by atomic mass is 16.3. The highest BCUT2D eigenvalue weighted by Gasteiger charge is 2.21. The van der Waals surface area contributed by atoms with Crippen LogP contribution in [0, 0.1) is 0 Å². The van der Waals surface area contributed by atoms with Gasteiger partial charge in [0.1, 0.15) is 18.7 Å². The van der Waals surface area contributed by atoms with Crippen LogP contribution in [0.1, 0.15) is 39.5 Å². The van der Waals surface area contributed by atoms with Gasteiger partial charge < -0.3 is 15.3 Å². The van der Waals surface area contributed by atoms with Crippen molar-refractivity contribution in [2.45, 2.75) is 39.5 Å². The molecule has 0 spiro atoms. The molecule has 0 fully saturated rings. The Kier molecular flexibility index (Phi) is 3.89. The van der Waals surface area contributed by atoms with Crippen molar-refractivity contribution in [3.8, 4) is 0 Å². The van der Waals surface area contributed by atoms with Gasteiger partial charge in [-0.25, -0.2) is 28.1 Å². The van der Waals surface area contributed by atoms with Gasteiger partial charge in [-0.15, -0.1) is 0 Å². The van der Waals surface area contributed by atoms with E-state index in [4.69, 9.17) is 0 Å². The molecule has 0 aliphatic rings. The van der Waals surface area contributed by atoms with Crippen molar-refractivity contribution in [3.63, 3.8) is 0 Å². The quantitative estimate of drug-likeness (QED) is 0.562. The Bertz CT molecular complexity index is 490. The van der Waals surface area contributed by atoms with Crippen LogP contribution < -0.4 is 17.1 Å². The van der Waals surface area contributed by atoms with E-state index in [1.165, 1.54) is 0 Å². The molecule has 1 heterocycles. The molecule has 102 valence electrons. The second kappa shape index (κ2) is 4.88. The summed E-state index contributed by atoms with van der Waals surface area (Å²) >= 11 is 0. The van der Waals surface area contributed by atoms with Gasteiger partial charge in [0.15, 0.2) is 0 Å². The maximum atomic E-state index is 11.8. The molecule has 18 heavy (non-hydrogen) atoms. The van der Waals surface area contributed by atoms with Gasteiger partial charge in [-0.05, 0) is 20.8 Å². The summed E-state index contributed by atoms with van der Waals surface area (Å²) in [5, 5.41) is 28.1. The molecule has 9 nitrogen and oxygen atoms in total. The first-order chi connectivity index (χ1) is 8.20. The Morgan fingerprint density at radius 1 is 0.667 bits per heavy atom. The Balaban J connectivity index is 3.96. The molecule has 3 N–H and O–H groups in total. The SMILES string of the molecule is CC(O)n1c(=O)n(C(C)O)c(=O)n(C(C)O)c1=O. The van der Waals surface area contributed by atoms with E-state index < -0.39 is 35.8 Å². The summed E-state index contributed by atoms with van der Waals surface area (Å²) in [6.07, 6.45) is -4.50. The zero-order chi connectivity index (χ0) is 14.2. The van der Waals surface area contributed by atoms with E-state index in [0.29, 0.717) is 13.7 Å². The monoisotopic (exact) mass is 261 g/mol. The standard InChI is InChI=1S/C9H15N3O6/c1-4(13)10-7(16)11(5(2)14)9(18)12(6(3)15)8(10)17/h4-6,13-15H,1-3H3. The van der Waals surface area contributed by atoms with Crippen LogP contribution in [-0.4, -0.2) is 29.0 Å². The van der Waals surface area contributed by atoms with Crippen molar-refractivity contribution in [1.29, 1.82) is 0 Å². The average molecular weight is 261 g/mol. The van der Waals surface area contributed by atoms with Crippen LogP contribution in [0.25, 0.3) is 0 Å². The van der Waals surface area contributed by atoms with Gasteiger partial charge in [0.2, 0.25) is 0 Å². The number of aliphatic hydroxyl groups excluding tert-OH is 3. The molecular formula is C9H15N3O6. The molecule has 9 heteroatoms. The average Bonchev–Trinajstić information content (AvgIpc) is 2.14. The van der Waals surface area contributed by atoms with Crippen LogP contribution >= 0.6 is 0 Å². The fourth-order valence-electron chi connectivity index (χ4n) is 1.55. The van der Waals surface area contributed by atoms with Gasteiger partial charge in [0.25, 0.3) is 0 Å². The number of nitrogens with zero attached hydrogens (tertiary/aromatic N) is 3. The summed E-state index contributed by atoms with van der Waals surface area (Å²) in [5.74, 6) is 0. The Morgan fingerprint density at radius 3 is 0.944 bits per heavy atom. The topological polar surface area (TPSA) is 127 Å². The third-order valence-corrected chi connectivity index (χ3v) is 2.36. The maximum Gasteiger partial charge on any atom is 0.340 e. The highest BCUT2D eigenvalue weighted by molar-refractivity contribution is 4.81. The fraction of sp³-hybridized carbons (Fsp3) is 0.667. The van der Waals surface area contributed by atoms with E-state index in [1.54, 1.807) is 0 Å². The summed E-state index contributed by atoms with van der Waals surface area (Å²) in [4.78, 5) is 35.3. The molecule has 0 saturated carbocycles. The summed E-state index contributed by atoms with van der Waals surface area (Å²) in [7, 11) is 0. The number of aliphatic hydroxyl groups is 3. The molecule has 0 amide bonds. The smallest absolute Gasteiger partial charge is 0.340 e. The first kappa shape index (κ1) is 14.4.